The zero-order chi connectivity index (χ0) is 59.2. The maximum Gasteiger partial charge on any atom is 0.0542 e. The van der Waals surface area contributed by atoms with Gasteiger partial charge in [-0.2, -0.15) is 0 Å². The van der Waals surface area contributed by atoms with Crippen LogP contribution < -0.4 is 9.80 Å². The highest BCUT2D eigenvalue weighted by Gasteiger charge is 2.27. The van der Waals surface area contributed by atoms with E-state index in [-0.39, 0.29) is 0 Å². The summed E-state index contributed by atoms with van der Waals surface area (Å²) < 4.78 is 4.79. The Morgan fingerprint density at radius 2 is 0.622 bits per heavy atom. The third-order valence-electron chi connectivity index (χ3n) is 19.0. The molecule has 17 aromatic rings. The first-order chi connectivity index (χ1) is 44.7. The summed E-state index contributed by atoms with van der Waals surface area (Å²) in [5.74, 6) is 0. The Labute approximate surface area is 522 Å². The van der Waals surface area contributed by atoms with E-state index in [0.717, 1.165) is 58.3 Å². The van der Waals surface area contributed by atoms with Crippen molar-refractivity contribution in [2.75, 3.05) is 9.80 Å². The SMILES string of the molecule is c1ccc(N(c2ccc3c4c(ccc3c2)-c2c(c3ccc(N(c5ccccc5)c5ccc6c(c5)c5ccccc5n6-c5ccccc5)cc3c3ccccc23)Cc2ccccc2-c2ccccc2C4)c2ccc3c(c2)c2ccccc2n3-c2ccccc2)cc1. The first-order valence-electron chi connectivity index (χ1n) is 31.2. The third kappa shape index (κ3) is 8.30. The fourth-order valence-electron chi connectivity index (χ4n) is 15.0. The molecule has 0 bridgehead atoms. The number of rotatable bonds is 8. The summed E-state index contributed by atoms with van der Waals surface area (Å²) in [6.45, 7) is 0. The van der Waals surface area contributed by atoms with Gasteiger partial charge in [0.05, 0.1) is 22.1 Å². The number of aromatic nitrogens is 2. The number of anilines is 6. The molecular formula is C86H58N4. The van der Waals surface area contributed by atoms with Gasteiger partial charge < -0.3 is 18.9 Å². The lowest BCUT2D eigenvalue weighted by Crippen LogP contribution is -2.10. The van der Waals surface area contributed by atoms with Crippen molar-refractivity contribution in [1.82, 2.24) is 9.13 Å². The Hall–Kier alpha value is -11.7. The van der Waals surface area contributed by atoms with E-state index < -0.39 is 0 Å². The van der Waals surface area contributed by atoms with Gasteiger partial charge in [-0.05, 0) is 211 Å². The summed E-state index contributed by atoms with van der Waals surface area (Å²) in [6.07, 6.45) is 1.51. The van der Waals surface area contributed by atoms with E-state index in [0.29, 0.717) is 0 Å². The fourth-order valence-corrected chi connectivity index (χ4v) is 15.0. The molecule has 0 amide bonds. The number of nitrogens with zero attached hydrogens (tertiary/aromatic N) is 4. The van der Waals surface area contributed by atoms with Gasteiger partial charge in [-0.15, -0.1) is 0 Å². The molecule has 0 atom stereocenters. The van der Waals surface area contributed by atoms with Crippen molar-refractivity contribution in [3.05, 3.63) is 350 Å². The second-order valence-corrected chi connectivity index (χ2v) is 23.9. The van der Waals surface area contributed by atoms with Crippen LogP contribution in [0, 0.1) is 0 Å². The Bertz CT molecular complexity index is 5670. The normalized spacial score (nSPS) is 12.1. The van der Waals surface area contributed by atoms with Crippen LogP contribution in [-0.4, -0.2) is 9.13 Å². The Morgan fingerprint density at radius 1 is 0.222 bits per heavy atom. The molecule has 0 radical (unpaired) electrons. The van der Waals surface area contributed by atoms with Crippen LogP contribution in [-0.2, 0) is 12.8 Å². The molecule has 0 saturated heterocycles. The second-order valence-electron chi connectivity index (χ2n) is 23.9. The molecule has 0 aliphatic heterocycles. The Balaban J connectivity index is 0.837. The lowest BCUT2D eigenvalue weighted by atomic mass is 9.79. The summed E-state index contributed by atoms with van der Waals surface area (Å²) >= 11 is 0. The zero-order valence-corrected chi connectivity index (χ0v) is 49.4. The quantitative estimate of drug-likeness (QED) is 0.141. The highest BCUT2D eigenvalue weighted by Crippen LogP contribution is 2.49. The number of fused-ring (bicyclic) bond motifs is 19. The predicted octanol–water partition coefficient (Wildman–Crippen LogP) is 23.1. The van der Waals surface area contributed by atoms with Crippen LogP contribution in [0.5, 0.6) is 0 Å². The van der Waals surface area contributed by atoms with Gasteiger partial charge in [0, 0.05) is 67.0 Å². The number of para-hydroxylation sites is 6. The molecule has 2 heterocycles. The van der Waals surface area contributed by atoms with Gasteiger partial charge in [-0.1, -0.05) is 206 Å². The first-order valence-corrected chi connectivity index (χ1v) is 31.2. The van der Waals surface area contributed by atoms with Gasteiger partial charge >= 0.3 is 0 Å². The monoisotopic (exact) mass is 1150 g/mol. The molecule has 0 saturated carbocycles. The summed E-state index contributed by atoms with van der Waals surface area (Å²) in [5, 5.41) is 12.3. The van der Waals surface area contributed by atoms with Crippen molar-refractivity contribution in [2.45, 2.75) is 12.8 Å². The van der Waals surface area contributed by atoms with Crippen LogP contribution in [0.1, 0.15) is 22.3 Å². The molecule has 422 valence electrons. The number of hydrogen-bond acceptors (Lipinski definition) is 2. The van der Waals surface area contributed by atoms with Gasteiger partial charge in [0.1, 0.15) is 0 Å². The van der Waals surface area contributed by atoms with Crippen molar-refractivity contribution in [3.8, 4) is 33.6 Å². The van der Waals surface area contributed by atoms with Crippen molar-refractivity contribution in [1.29, 1.82) is 0 Å². The molecule has 15 aromatic carbocycles. The molecular weight excluding hydrogens is 1090 g/mol. The molecule has 2 aromatic heterocycles. The number of hydrogen-bond donors (Lipinski definition) is 0. The van der Waals surface area contributed by atoms with Gasteiger partial charge in [0.2, 0.25) is 0 Å². The van der Waals surface area contributed by atoms with Crippen molar-refractivity contribution in [2.24, 2.45) is 0 Å². The van der Waals surface area contributed by atoms with E-state index in [1.54, 1.807) is 0 Å². The fraction of sp³-hybridized carbons (Fsp3) is 0.0233. The largest absolute Gasteiger partial charge is 0.310 e. The molecule has 0 unspecified atom stereocenters. The lowest BCUT2D eigenvalue weighted by molar-refractivity contribution is 1.17. The van der Waals surface area contributed by atoms with Crippen LogP contribution in [0.4, 0.5) is 34.1 Å². The maximum absolute atomic E-state index is 2.46. The van der Waals surface area contributed by atoms with E-state index in [2.05, 4.69) is 347 Å². The van der Waals surface area contributed by atoms with Gasteiger partial charge in [0.15, 0.2) is 0 Å². The zero-order valence-electron chi connectivity index (χ0n) is 49.4. The average molecular weight is 1150 g/mol. The topological polar surface area (TPSA) is 16.3 Å². The minimum Gasteiger partial charge on any atom is -0.310 e. The summed E-state index contributed by atoms with van der Waals surface area (Å²) in [6, 6.07) is 121. The van der Waals surface area contributed by atoms with Crippen LogP contribution in [0.2, 0.25) is 0 Å². The average Bonchev–Trinajstić information content (AvgIpc) is 1.11. The van der Waals surface area contributed by atoms with Gasteiger partial charge in [-0.3, -0.25) is 0 Å². The lowest BCUT2D eigenvalue weighted by Gasteiger charge is -2.28. The van der Waals surface area contributed by atoms with E-state index in [4.69, 9.17) is 0 Å². The van der Waals surface area contributed by atoms with Crippen molar-refractivity contribution < 1.29 is 0 Å². The summed E-state index contributed by atoms with van der Waals surface area (Å²) in [5.41, 5.74) is 24.1. The molecule has 4 heteroatoms. The van der Waals surface area contributed by atoms with Gasteiger partial charge in [-0.25, -0.2) is 0 Å². The standard InChI is InChI=1S/C86H58N4/c1-5-25-60(26-6-1)87(66-44-49-84-79(55-66)73-36-19-21-39-82(73)89(84)62-29-9-3-10-30-62)64-42-47-70-59(51-64)41-46-76-77(70)52-57-23-13-15-33-68(57)69-34-16-14-24-58(69)53-81-72-48-43-65(54-78(72)71-35-17-18-38-75(71)86(76)81)88(61-27-7-2-8-28-61)67-45-50-85-80(56-67)74-37-20-22-40-83(74)90(85)63-31-11-4-12-32-63/h1-51,54-56H,52-53H2. The molecule has 0 fully saturated rings. The van der Waals surface area contributed by atoms with E-state index >= 15 is 0 Å². The first kappa shape index (κ1) is 51.5. The number of benzene rings is 15. The van der Waals surface area contributed by atoms with Crippen LogP contribution in [0.15, 0.2) is 328 Å². The molecule has 0 N–H and O–H groups in total. The minimum atomic E-state index is 0.752. The van der Waals surface area contributed by atoms with Crippen molar-refractivity contribution in [3.63, 3.8) is 0 Å². The smallest absolute Gasteiger partial charge is 0.0542 e. The third-order valence-corrected chi connectivity index (χ3v) is 19.0. The highest BCUT2D eigenvalue weighted by molar-refractivity contribution is 6.19. The Morgan fingerprint density at radius 3 is 1.17 bits per heavy atom. The molecule has 1 aliphatic rings. The molecule has 4 nitrogen and oxygen atoms in total. The summed E-state index contributed by atoms with van der Waals surface area (Å²) in [7, 11) is 0. The van der Waals surface area contributed by atoms with Gasteiger partial charge in [0.25, 0.3) is 0 Å². The summed E-state index contributed by atoms with van der Waals surface area (Å²) in [4.78, 5) is 4.87. The highest BCUT2D eigenvalue weighted by atomic mass is 15.1. The Kier molecular flexibility index (Phi) is 12.0. The molecule has 18 rings (SSSR count). The second kappa shape index (κ2) is 21.0. The van der Waals surface area contributed by atoms with Crippen LogP contribution >= 0.6 is 0 Å². The van der Waals surface area contributed by atoms with E-state index in [9.17, 15) is 0 Å². The molecule has 0 spiro atoms. The maximum atomic E-state index is 2.46. The minimum absolute atomic E-state index is 0.752. The van der Waals surface area contributed by atoms with E-state index in [1.165, 1.54) is 120 Å². The predicted molar refractivity (Wildman–Crippen MR) is 380 cm³/mol. The van der Waals surface area contributed by atoms with Crippen LogP contribution in [0.25, 0.3) is 110 Å². The molecule has 1 aliphatic carbocycles. The van der Waals surface area contributed by atoms with E-state index in [1.807, 2.05) is 0 Å². The van der Waals surface area contributed by atoms with Crippen molar-refractivity contribution >= 4 is 110 Å². The van der Waals surface area contributed by atoms with Crippen LogP contribution in [0.3, 0.4) is 0 Å². The molecule has 90 heavy (non-hydrogen) atoms.